The van der Waals surface area contributed by atoms with Gasteiger partial charge >= 0.3 is 0 Å². The van der Waals surface area contributed by atoms with Crippen LogP contribution in [0.15, 0.2) is 35.4 Å². The lowest BCUT2D eigenvalue weighted by Gasteiger charge is -2.33. The highest BCUT2D eigenvalue weighted by atomic mass is 35.5. The summed E-state index contributed by atoms with van der Waals surface area (Å²) < 4.78 is 0. The van der Waals surface area contributed by atoms with Gasteiger partial charge in [-0.2, -0.15) is 0 Å². The van der Waals surface area contributed by atoms with E-state index < -0.39 is 0 Å². The number of aromatic amines is 2. The molecular formula is C21H21ClN6O2. The lowest BCUT2D eigenvalue weighted by molar-refractivity contribution is 0.122. The summed E-state index contributed by atoms with van der Waals surface area (Å²) in [5.41, 5.74) is 2.29. The fourth-order valence-electron chi connectivity index (χ4n) is 4.18. The fraction of sp³-hybridized carbons (Fsp3) is 0.333. The molecule has 0 amide bonds. The quantitative estimate of drug-likeness (QED) is 0.435. The third-order valence-corrected chi connectivity index (χ3v) is 6.06. The first-order chi connectivity index (χ1) is 14.5. The van der Waals surface area contributed by atoms with Crippen LogP contribution in [-0.4, -0.2) is 49.2 Å². The zero-order valence-corrected chi connectivity index (χ0v) is 17.1. The first-order valence-electron chi connectivity index (χ1n) is 9.94. The van der Waals surface area contributed by atoms with Crippen molar-refractivity contribution in [3.8, 4) is 11.4 Å². The van der Waals surface area contributed by atoms with Crippen LogP contribution in [0.3, 0.4) is 0 Å². The van der Waals surface area contributed by atoms with Crippen molar-refractivity contribution in [3.05, 3.63) is 46.1 Å². The second-order valence-electron chi connectivity index (χ2n) is 7.80. The molecule has 1 aliphatic carbocycles. The summed E-state index contributed by atoms with van der Waals surface area (Å²) in [6.45, 7) is 0. The van der Waals surface area contributed by atoms with Crippen molar-refractivity contribution in [3.63, 3.8) is 0 Å². The van der Waals surface area contributed by atoms with Crippen molar-refractivity contribution in [1.29, 1.82) is 0 Å². The highest BCUT2D eigenvalue weighted by molar-refractivity contribution is 6.30. The lowest BCUT2D eigenvalue weighted by atomic mass is 9.92. The van der Waals surface area contributed by atoms with Crippen molar-refractivity contribution in [1.82, 2.24) is 24.9 Å². The molecule has 1 aliphatic rings. The van der Waals surface area contributed by atoms with E-state index >= 15 is 0 Å². The molecule has 9 heteroatoms. The molecule has 4 aromatic rings. The monoisotopic (exact) mass is 424 g/mol. The van der Waals surface area contributed by atoms with Crippen molar-refractivity contribution in [2.75, 3.05) is 11.9 Å². The lowest BCUT2D eigenvalue weighted by Crippen LogP contribution is -2.37. The molecule has 154 valence electrons. The Morgan fingerprint density at radius 2 is 1.93 bits per heavy atom. The molecule has 1 saturated carbocycles. The van der Waals surface area contributed by atoms with Crippen LogP contribution in [-0.2, 0) is 0 Å². The number of anilines is 1. The minimum atomic E-state index is -0.233. The summed E-state index contributed by atoms with van der Waals surface area (Å²) in [4.78, 5) is 34.2. The van der Waals surface area contributed by atoms with Crippen LogP contribution in [0.4, 0.5) is 5.82 Å². The third kappa shape index (κ3) is 3.32. The van der Waals surface area contributed by atoms with Gasteiger partial charge in [0.1, 0.15) is 16.5 Å². The van der Waals surface area contributed by atoms with E-state index in [1.54, 1.807) is 30.6 Å². The molecular weight excluding hydrogens is 404 g/mol. The maximum atomic E-state index is 12.7. The molecule has 4 aromatic heterocycles. The summed E-state index contributed by atoms with van der Waals surface area (Å²) in [6.07, 6.45) is 6.40. The number of aliphatic hydroxyl groups is 1. The number of imidazole rings is 1. The minimum Gasteiger partial charge on any atom is -0.393 e. The van der Waals surface area contributed by atoms with Gasteiger partial charge in [0.25, 0.3) is 5.56 Å². The summed E-state index contributed by atoms with van der Waals surface area (Å²) in [6, 6.07) is 5.50. The summed E-state index contributed by atoms with van der Waals surface area (Å²) in [5, 5.41) is 11.0. The molecule has 1 fully saturated rings. The van der Waals surface area contributed by atoms with Gasteiger partial charge in [-0.05, 0) is 37.8 Å². The van der Waals surface area contributed by atoms with Gasteiger partial charge in [-0.15, -0.1) is 0 Å². The minimum absolute atomic E-state index is 0.229. The zero-order chi connectivity index (χ0) is 20.8. The molecule has 0 saturated heterocycles. The van der Waals surface area contributed by atoms with Crippen LogP contribution in [0.1, 0.15) is 25.7 Å². The Hall–Kier alpha value is -2.97. The molecule has 30 heavy (non-hydrogen) atoms. The molecule has 5 rings (SSSR count). The molecule has 4 heterocycles. The van der Waals surface area contributed by atoms with Crippen LogP contribution in [0, 0.1) is 0 Å². The number of aromatic nitrogens is 5. The van der Waals surface area contributed by atoms with Crippen molar-refractivity contribution < 1.29 is 5.11 Å². The molecule has 0 bridgehead atoms. The van der Waals surface area contributed by atoms with Gasteiger partial charge in [-0.1, -0.05) is 11.6 Å². The molecule has 0 atom stereocenters. The molecule has 0 radical (unpaired) electrons. The van der Waals surface area contributed by atoms with Gasteiger partial charge < -0.3 is 20.0 Å². The zero-order valence-electron chi connectivity index (χ0n) is 16.4. The average molecular weight is 425 g/mol. The van der Waals surface area contributed by atoms with E-state index in [1.165, 1.54) is 0 Å². The van der Waals surface area contributed by atoms with E-state index in [2.05, 4.69) is 24.8 Å². The maximum absolute atomic E-state index is 12.7. The predicted octanol–water partition coefficient (Wildman–Crippen LogP) is 3.25. The van der Waals surface area contributed by atoms with E-state index in [9.17, 15) is 9.90 Å². The number of hydrogen-bond acceptors (Lipinski definition) is 6. The Bertz CT molecular complexity index is 1290. The van der Waals surface area contributed by atoms with E-state index in [0.29, 0.717) is 33.4 Å². The van der Waals surface area contributed by atoms with Crippen molar-refractivity contribution in [2.45, 2.75) is 37.8 Å². The first kappa shape index (κ1) is 19.0. The molecule has 0 spiro atoms. The molecule has 0 aliphatic heterocycles. The largest absolute Gasteiger partial charge is 0.393 e. The van der Waals surface area contributed by atoms with E-state index in [1.807, 2.05) is 7.05 Å². The SMILES string of the molecule is CN(c1nc(Cl)cc2[nH]c(-c3cc4cnccc4[nH]c3=O)nc12)C1CCC(O)CC1. The number of nitrogens with zero attached hydrogens (tertiary/aromatic N) is 4. The van der Waals surface area contributed by atoms with E-state index in [4.69, 9.17) is 16.6 Å². The standard InChI is InChI=1S/C21H21ClN6O2/c1-28(12-2-4-13(29)5-3-12)20-18-16(9-17(22)26-20)24-19(27-18)14-8-11-10-23-7-6-15(11)25-21(14)30/h6-10,12-13,29H,2-5H2,1H3,(H,24,27)(H,25,30). The Labute approximate surface area is 177 Å². The average Bonchev–Trinajstić information content (AvgIpc) is 3.16. The van der Waals surface area contributed by atoms with Crippen molar-refractivity contribution >= 4 is 39.4 Å². The summed E-state index contributed by atoms with van der Waals surface area (Å²) >= 11 is 6.29. The van der Waals surface area contributed by atoms with Gasteiger partial charge in [-0.25, -0.2) is 9.97 Å². The number of aliphatic hydroxyl groups excluding tert-OH is 1. The second kappa shape index (κ2) is 7.37. The Balaban J connectivity index is 1.60. The van der Waals surface area contributed by atoms with Gasteiger partial charge in [0, 0.05) is 36.9 Å². The maximum Gasteiger partial charge on any atom is 0.259 e. The number of halogens is 1. The van der Waals surface area contributed by atoms with Gasteiger partial charge in [0.2, 0.25) is 0 Å². The number of fused-ring (bicyclic) bond motifs is 2. The second-order valence-corrected chi connectivity index (χ2v) is 8.19. The number of hydrogen-bond donors (Lipinski definition) is 3. The van der Waals surface area contributed by atoms with Crippen LogP contribution in [0.2, 0.25) is 5.15 Å². The fourth-order valence-corrected chi connectivity index (χ4v) is 4.37. The normalized spacial score (nSPS) is 19.4. The topological polar surface area (TPSA) is 111 Å². The highest BCUT2D eigenvalue weighted by Gasteiger charge is 2.26. The number of nitrogens with one attached hydrogen (secondary N) is 2. The van der Waals surface area contributed by atoms with E-state index in [0.717, 1.165) is 36.6 Å². The van der Waals surface area contributed by atoms with Gasteiger partial charge in [-0.3, -0.25) is 9.78 Å². The van der Waals surface area contributed by atoms with Gasteiger partial charge in [0.05, 0.1) is 22.7 Å². The molecule has 8 nitrogen and oxygen atoms in total. The first-order valence-corrected chi connectivity index (χ1v) is 10.3. The van der Waals surface area contributed by atoms with Gasteiger partial charge in [0.15, 0.2) is 5.82 Å². The van der Waals surface area contributed by atoms with E-state index in [-0.39, 0.29) is 17.7 Å². The molecule has 0 unspecified atom stereocenters. The van der Waals surface area contributed by atoms with Crippen LogP contribution in [0.5, 0.6) is 0 Å². The number of pyridine rings is 3. The smallest absolute Gasteiger partial charge is 0.259 e. The number of rotatable bonds is 3. The molecule has 3 N–H and O–H groups in total. The summed E-state index contributed by atoms with van der Waals surface area (Å²) in [7, 11) is 1.98. The van der Waals surface area contributed by atoms with Crippen molar-refractivity contribution in [2.24, 2.45) is 0 Å². The Morgan fingerprint density at radius 3 is 2.73 bits per heavy atom. The van der Waals surface area contributed by atoms with Crippen LogP contribution < -0.4 is 10.5 Å². The summed E-state index contributed by atoms with van der Waals surface area (Å²) in [5.74, 6) is 1.12. The predicted molar refractivity (Wildman–Crippen MR) is 117 cm³/mol. The number of H-pyrrole nitrogens is 2. The van der Waals surface area contributed by atoms with Crippen LogP contribution in [0.25, 0.3) is 33.3 Å². The Morgan fingerprint density at radius 1 is 1.13 bits per heavy atom. The van der Waals surface area contributed by atoms with Crippen LogP contribution >= 0.6 is 11.6 Å². The molecule has 0 aromatic carbocycles. The Kier molecular flexibility index (Phi) is 4.67. The third-order valence-electron chi connectivity index (χ3n) is 5.87. The highest BCUT2D eigenvalue weighted by Crippen LogP contribution is 2.32.